The molecule has 2 fully saturated rings. The van der Waals surface area contributed by atoms with Crippen LogP contribution in [0.1, 0.15) is 47.0 Å². The number of rotatable bonds is 6. The van der Waals surface area contributed by atoms with Gasteiger partial charge in [0.05, 0.1) is 0 Å². The van der Waals surface area contributed by atoms with Crippen LogP contribution >= 0.6 is 0 Å². The zero-order valence-corrected chi connectivity index (χ0v) is 13.2. The molecule has 1 N–H and O–H groups in total. The van der Waals surface area contributed by atoms with E-state index in [1.165, 1.54) is 38.9 Å². The number of ether oxygens (including phenoxy) is 1. The predicted octanol–water partition coefficient (Wildman–Crippen LogP) is 2.51. The van der Waals surface area contributed by atoms with Gasteiger partial charge in [-0.3, -0.25) is 4.90 Å². The van der Waals surface area contributed by atoms with Crippen LogP contribution in [-0.2, 0) is 4.74 Å². The minimum Gasteiger partial charge on any atom is -0.382 e. The molecule has 2 atom stereocenters. The number of hydrogen-bond acceptors (Lipinski definition) is 3. The van der Waals surface area contributed by atoms with Gasteiger partial charge in [-0.25, -0.2) is 0 Å². The molecule has 19 heavy (non-hydrogen) atoms. The topological polar surface area (TPSA) is 24.5 Å². The van der Waals surface area contributed by atoms with E-state index >= 15 is 0 Å². The molecule has 1 aliphatic carbocycles. The fourth-order valence-corrected chi connectivity index (χ4v) is 3.12. The van der Waals surface area contributed by atoms with Crippen LogP contribution in [0.5, 0.6) is 0 Å². The number of piperazine rings is 1. The third kappa shape index (κ3) is 4.44. The van der Waals surface area contributed by atoms with Gasteiger partial charge >= 0.3 is 0 Å². The van der Waals surface area contributed by atoms with E-state index in [0.717, 1.165) is 25.2 Å². The highest BCUT2D eigenvalue weighted by atomic mass is 16.5. The molecular weight excluding hydrogens is 236 g/mol. The van der Waals surface area contributed by atoms with Crippen LogP contribution in [0.2, 0.25) is 0 Å². The van der Waals surface area contributed by atoms with Crippen molar-refractivity contribution < 1.29 is 4.74 Å². The maximum atomic E-state index is 5.49. The second kappa shape index (κ2) is 6.55. The lowest BCUT2D eigenvalue weighted by molar-refractivity contribution is 0.0619. The predicted molar refractivity (Wildman–Crippen MR) is 80.4 cm³/mol. The number of nitrogens with zero attached hydrogens (tertiary/aromatic N) is 1. The zero-order chi connectivity index (χ0) is 13.9. The molecule has 0 spiro atoms. The molecule has 1 saturated carbocycles. The van der Waals surface area contributed by atoms with Crippen LogP contribution in [-0.4, -0.2) is 49.8 Å². The van der Waals surface area contributed by atoms with Gasteiger partial charge in [0.2, 0.25) is 0 Å². The summed E-state index contributed by atoms with van der Waals surface area (Å²) in [5, 5.41) is 3.79. The van der Waals surface area contributed by atoms with E-state index in [9.17, 15) is 0 Å². The molecule has 0 aromatic carbocycles. The summed E-state index contributed by atoms with van der Waals surface area (Å²) >= 11 is 0. The van der Waals surface area contributed by atoms with Gasteiger partial charge in [0, 0.05) is 44.9 Å². The maximum absolute atomic E-state index is 5.49. The molecule has 3 heteroatoms. The van der Waals surface area contributed by atoms with Gasteiger partial charge in [-0.05, 0) is 37.5 Å². The Morgan fingerprint density at radius 2 is 2.00 bits per heavy atom. The number of nitrogens with one attached hydrogen (secondary N) is 1. The van der Waals surface area contributed by atoms with Crippen LogP contribution in [0.15, 0.2) is 0 Å². The quantitative estimate of drug-likeness (QED) is 0.749. The van der Waals surface area contributed by atoms with Crippen molar-refractivity contribution in [1.82, 2.24) is 10.2 Å². The van der Waals surface area contributed by atoms with Crippen molar-refractivity contribution in [3.05, 3.63) is 0 Å². The van der Waals surface area contributed by atoms with E-state index < -0.39 is 0 Å². The Kier molecular flexibility index (Phi) is 5.27. The molecule has 3 nitrogen and oxygen atoms in total. The monoisotopic (exact) mass is 268 g/mol. The van der Waals surface area contributed by atoms with Crippen molar-refractivity contribution in [2.45, 2.75) is 59.0 Å². The van der Waals surface area contributed by atoms with E-state index in [1.807, 2.05) is 0 Å². The normalized spacial score (nSPS) is 29.7. The molecule has 0 aromatic heterocycles. The Morgan fingerprint density at radius 1 is 1.26 bits per heavy atom. The van der Waals surface area contributed by atoms with Crippen molar-refractivity contribution in [2.24, 2.45) is 11.3 Å². The highest BCUT2D eigenvalue weighted by molar-refractivity contribution is 4.97. The molecule has 1 saturated heterocycles. The third-order valence-electron chi connectivity index (χ3n) is 4.61. The van der Waals surface area contributed by atoms with Crippen LogP contribution in [0, 0.1) is 11.3 Å². The summed E-state index contributed by atoms with van der Waals surface area (Å²) in [6.07, 6.45) is 4.05. The summed E-state index contributed by atoms with van der Waals surface area (Å²) < 4.78 is 5.49. The minimum absolute atomic E-state index is 0.354. The summed E-state index contributed by atoms with van der Waals surface area (Å²) in [4.78, 5) is 2.74. The minimum atomic E-state index is 0.354. The van der Waals surface area contributed by atoms with Gasteiger partial charge in [-0.2, -0.15) is 0 Å². The highest BCUT2D eigenvalue weighted by Gasteiger charge is 2.40. The number of hydrogen-bond donors (Lipinski definition) is 1. The summed E-state index contributed by atoms with van der Waals surface area (Å²) in [5.41, 5.74) is 0.354. The Bertz CT molecular complexity index is 270. The summed E-state index contributed by atoms with van der Waals surface area (Å²) in [6.45, 7) is 14.5. The largest absolute Gasteiger partial charge is 0.382 e. The Labute approximate surface area is 119 Å². The van der Waals surface area contributed by atoms with E-state index in [2.05, 4.69) is 37.9 Å². The second-order valence-corrected chi connectivity index (χ2v) is 7.28. The fraction of sp³-hybridized carbons (Fsp3) is 1.00. The first-order valence-corrected chi connectivity index (χ1v) is 8.07. The van der Waals surface area contributed by atoms with Gasteiger partial charge in [0.25, 0.3) is 0 Å². The van der Waals surface area contributed by atoms with Gasteiger partial charge in [-0.1, -0.05) is 20.8 Å². The first kappa shape index (κ1) is 15.3. The Morgan fingerprint density at radius 3 is 2.58 bits per heavy atom. The average molecular weight is 268 g/mol. The van der Waals surface area contributed by atoms with Crippen LogP contribution < -0.4 is 5.32 Å². The first-order valence-electron chi connectivity index (χ1n) is 8.07. The first-order chi connectivity index (χ1) is 9.02. The molecule has 1 heterocycles. The Balaban J connectivity index is 1.85. The van der Waals surface area contributed by atoms with Crippen LogP contribution in [0.25, 0.3) is 0 Å². The molecule has 0 bridgehead atoms. The molecule has 0 amide bonds. The second-order valence-electron chi connectivity index (χ2n) is 7.28. The average Bonchev–Trinajstić information content (AvgIpc) is 3.17. The highest BCUT2D eigenvalue weighted by Crippen LogP contribution is 2.37. The van der Waals surface area contributed by atoms with E-state index in [0.29, 0.717) is 11.5 Å². The summed E-state index contributed by atoms with van der Waals surface area (Å²) in [5.74, 6) is 0.959. The fourth-order valence-electron chi connectivity index (χ4n) is 3.12. The summed E-state index contributed by atoms with van der Waals surface area (Å²) in [6, 6.07) is 1.40. The molecule has 1 aliphatic heterocycles. The van der Waals surface area contributed by atoms with Crippen molar-refractivity contribution in [1.29, 1.82) is 0 Å². The summed E-state index contributed by atoms with van der Waals surface area (Å²) in [7, 11) is 0. The SMILES string of the molecule is CCOCCCN1CC(C(C)(C)C)NCC1C1CC1. The van der Waals surface area contributed by atoms with Gasteiger partial charge < -0.3 is 10.1 Å². The van der Waals surface area contributed by atoms with E-state index in [-0.39, 0.29) is 0 Å². The van der Waals surface area contributed by atoms with Crippen LogP contribution in [0.3, 0.4) is 0 Å². The Hall–Kier alpha value is -0.120. The molecule has 2 aliphatic rings. The molecule has 2 rings (SSSR count). The maximum Gasteiger partial charge on any atom is 0.0478 e. The standard InChI is InChI=1S/C16H32N2O/c1-5-19-10-6-9-18-12-15(16(2,3)4)17-11-14(18)13-7-8-13/h13-15,17H,5-12H2,1-4H3. The molecule has 112 valence electrons. The van der Waals surface area contributed by atoms with Crippen LogP contribution in [0.4, 0.5) is 0 Å². The van der Waals surface area contributed by atoms with Crippen molar-refractivity contribution >= 4 is 0 Å². The zero-order valence-electron chi connectivity index (χ0n) is 13.2. The lowest BCUT2D eigenvalue weighted by atomic mass is 9.84. The van der Waals surface area contributed by atoms with Crippen molar-refractivity contribution in [3.63, 3.8) is 0 Å². The third-order valence-corrected chi connectivity index (χ3v) is 4.61. The van der Waals surface area contributed by atoms with Gasteiger partial charge in [-0.15, -0.1) is 0 Å². The lowest BCUT2D eigenvalue weighted by Gasteiger charge is -2.45. The van der Waals surface area contributed by atoms with Crippen molar-refractivity contribution in [3.8, 4) is 0 Å². The van der Waals surface area contributed by atoms with Gasteiger partial charge in [0.1, 0.15) is 0 Å². The molecule has 2 unspecified atom stereocenters. The van der Waals surface area contributed by atoms with Gasteiger partial charge in [0.15, 0.2) is 0 Å². The molecule has 0 radical (unpaired) electrons. The lowest BCUT2D eigenvalue weighted by Crippen LogP contribution is -2.61. The van der Waals surface area contributed by atoms with Crippen molar-refractivity contribution in [2.75, 3.05) is 32.8 Å². The van der Waals surface area contributed by atoms with E-state index in [4.69, 9.17) is 4.74 Å². The molecular formula is C16H32N2O. The van der Waals surface area contributed by atoms with E-state index in [1.54, 1.807) is 0 Å². The smallest absolute Gasteiger partial charge is 0.0478 e. The molecule has 0 aromatic rings.